The number of anilines is 1. The van der Waals surface area contributed by atoms with Gasteiger partial charge in [0.05, 0.1) is 24.4 Å². The van der Waals surface area contributed by atoms with E-state index in [9.17, 15) is 9.18 Å². The molecule has 0 saturated heterocycles. The number of rotatable bonds is 3. The lowest BCUT2D eigenvalue weighted by molar-refractivity contribution is 0.0595. The zero-order chi connectivity index (χ0) is 14.8. The number of pyridine rings is 1. The molecule has 0 saturated carbocycles. The standard InChI is InChI=1S/C16H15FN2O2/c1-21-16(20)12-9-11(5-6-13(12)17)19-14-7-4-10-3-2-8-18-15(10)14/h2-3,5-6,8-9,14,19H,4,7H2,1H3. The Balaban J connectivity index is 1.85. The molecule has 21 heavy (non-hydrogen) atoms. The third-order valence-electron chi connectivity index (χ3n) is 3.67. The minimum atomic E-state index is -0.680. The summed E-state index contributed by atoms with van der Waals surface area (Å²) in [5.74, 6) is -1.27. The van der Waals surface area contributed by atoms with Crippen LogP contribution in [0.15, 0.2) is 36.5 Å². The number of carbonyl (C=O) groups is 1. The molecule has 1 aliphatic rings. The van der Waals surface area contributed by atoms with E-state index >= 15 is 0 Å². The number of benzene rings is 1. The Hall–Kier alpha value is -2.43. The van der Waals surface area contributed by atoms with Gasteiger partial charge in [-0.05, 0) is 42.7 Å². The first-order chi connectivity index (χ1) is 10.2. The summed E-state index contributed by atoms with van der Waals surface area (Å²) in [4.78, 5) is 15.9. The molecule has 1 atom stereocenters. The largest absolute Gasteiger partial charge is 0.465 e. The van der Waals surface area contributed by atoms with Crippen LogP contribution in [0, 0.1) is 5.82 Å². The van der Waals surface area contributed by atoms with Crippen LogP contribution in [0.4, 0.5) is 10.1 Å². The lowest BCUT2D eigenvalue weighted by Crippen LogP contribution is -2.10. The van der Waals surface area contributed by atoms with E-state index in [1.807, 2.05) is 6.07 Å². The molecule has 2 aromatic rings. The van der Waals surface area contributed by atoms with Gasteiger partial charge in [0.2, 0.25) is 0 Å². The molecular weight excluding hydrogens is 271 g/mol. The summed E-state index contributed by atoms with van der Waals surface area (Å²) < 4.78 is 18.2. The second-order valence-corrected chi connectivity index (χ2v) is 4.97. The molecular formula is C16H15FN2O2. The first kappa shape index (κ1) is 13.5. The van der Waals surface area contributed by atoms with Crippen LogP contribution in [-0.4, -0.2) is 18.1 Å². The zero-order valence-electron chi connectivity index (χ0n) is 11.6. The lowest BCUT2D eigenvalue weighted by atomic mass is 10.1. The highest BCUT2D eigenvalue weighted by Crippen LogP contribution is 2.32. The van der Waals surface area contributed by atoms with Crippen molar-refractivity contribution < 1.29 is 13.9 Å². The number of methoxy groups -OCH3 is 1. The Morgan fingerprint density at radius 2 is 2.29 bits per heavy atom. The lowest BCUT2D eigenvalue weighted by Gasteiger charge is -2.15. The van der Waals surface area contributed by atoms with Crippen LogP contribution in [-0.2, 0) is 11.2 Å². The smallest absolute Gasteiger partial charge is 0.340 e. The highest BCUT2D eigenvalue weighted by molar-refractivity contribution is 5.90. The molecule has 1 aromatic carbocycles. The number of halogens is 1. The maximum absolute atomic E-state index is 13.6. The van der Waals surface area contributed by atoms with E-state index in [1.165, 1.54) is 24.8 Å². The number of esters is 1. The summed E-state index contributed by atoms with van der Waals surface area (Å²) >= 11 is 0. The van der Waals surface area contributed by atoms with Gasteiger partial charge in [0, 0.05) is 11.9 Å². The number of fused-ring (bicyclic) bond motifs is 1. The van der Waals surface area contributed by atoms with Gasteiger partial charge in [-0.15, -0.1) is 0 Å². The van der Waals surface area contributed by atoms with Gasteiger partial charge in [-0.25, -0.2) is 9.18 Å². The van der Waals surface area contributed by atoms with Gasteiger partial charge >= 0.3 is 5.97 Å². The van der Waals surface area contributed by atoms with Gasteiger partial charge < -0.3 is 10.1 Å². The second kappa shape index (κ2) is 5.52. The Morgan fingerprint density at radius 1 is 1.43 bits per heavy atom. The fourth-order valence-electron chi connectivity index (χ4n) is 2.64. The fourth-order valence-corrected chi connectivity index (χ4v) is 2.64. The Labute approximate surface area is 122 Å². The molecule has 5 heteroatoms. The summed E-state index contributed by atoms with van der Waals surface area (Å²) in [5.41, 5.74) is 2.86. The highest BCUT2D eigenvalue weighted by Gasteiger charge is 2.23. The number of aryl methyl sites for hydroxylation is 1. The topological polar surface area (TPSA) is 51.2 Å². The van der Waals surface area contributed by atoms with Gasteiger partial charge in [0.15, 0.2) is 0 Å². The summed E-state index contributed by atoms with van der Waals surface area (Å²) in [5, 5.41) is 3.31. The van der Waals surface area contributed by atoms with Crippen LogP contribution in [0.5, 0.6) is 0 Å². The number of hydrogen-bond donors (Lipinski definition) is 1. The van der Waals surface area contributed by atoms with Crippen LogP contribution < -0.4 is 5.32 Å². The number of nitrogens with zero attached hydrogens (tertiary/aromatic N) is 1. The van der Waals surface area contributed by atoms with Crippen LogP contribution in [0.3, 0.4) is 0 Å². The first-order valence-electron chi connectivity index (χ1n) is 6.77. The molecule has 1 aliphatic carbocycles. The number of aromatic nitrogens is 1. The first-order valence-corrected chi connectivity index (χ1v) is 6.77. The monoisotopic (exact) mass is 286 g/mol. The fraction of sp³-hybridized carbons (Fsp3) is 0.250. The third kappa shape index (κ3) is 2.59. The van der Waals surface area contributed by atoms with Crippen molar-refractivity contribution >= 4 is 11.7 Å². The molecule has 0 amide bonds. The number of nitrogens with one attached hydrogen (secondary N) is 1. The van der Waals surface area contributed by atoms with Crippen molar-refractivity contribution in [3.8, 4) is 0 Å². The summed E-state index contributed by atoms with van der Waals surface area (Å²) in [7, 11) is 1.24. The van der Waals surface area contributed by atoms with Crippen molar-refractivity contribution in [2.45, 2.75) is 18.9 Å². The highest BCUT2D eigenvalue weighted by atomic mass is 19.1. The average molecular weight is 286 g/mol. The van der Waals surface area contributed by atoms with Crippen molar-refractivity contribution in [3.63, 3.8) is 0 Å². The van der Waals surface area contributed by atoms with Crippen molar-refractivity contribution in [1.82, 2.24) is 4.98 Å². The molecule has 4 nitrogen and oxygen atoms in total. The van der Waals surface area contributed by atoms with Crippen molar-refractivity contribution in [2.75, 3.05) is 12.4 Å². The maximum atomic E-state index is 13.6. The summed E-state index contributed by atoms with van der Waals surface area (Å²) in [6.45, 7) is 0. The average Bonchev–Trinajstić information content (AvgIpc) is 2.92. The normalized spacial score (nSPS) is 16.4. The van der Waals surface area contributed by atoms with Gasteiger partial charge in [-0.3, -0.25) is 4.98 Å². The zero-order valence-corrected chi connectivity index (χ0v) is 11.6. The maximum Gasteiger partial charge on any atom is 0.340 e. The second-order valence-electron chi connectivity index (χ2n) is 4.97. The quantitative estimate of drug-likeness (QED) is 0.881. The Bertz CT molecular complexity index is 688. The van der Waals surface area contributed by atoms with Crippen LogP contribution in [0.2, 0.25) is 0 Å². The molecule has 0 fully saturated rings. The number of hydrogen-bond acceptors (Lipinski definition) is 4. The molecule has 0 radical (unpaired) electrons. The van der Waals surface area contributed by atoms with E-state index in [0.717, 1.165) is 18.5 Å². The summed E-state index contributed by atoms with van der Waals surface area (Å²) in [6.07, 6.45) is 3.66. The minimum absolute atomic E-state index is 0.0678. The van der Waals surface area contributed by atoms with E-state index < -0.39 is 11.8 Å². The van der Waals surface area contributed by atoms with Crippen LogP contribution >= 0.6 is 0 Å². The van der Waals surface area contributed by atoms with Crippen molar-refractivity contribution in [1.29, 1.82) is 0 Å². The SMILES string of the molecule is COC(=O)c1cc(NC2CCc3cccnc32)ccc1F. The molecule has 1 heterocycles. The van der Waals surface area contributed by atoms with Crippen molar-refractivity contribution in [3.05, 3.63) is 59.2 Å². The third-order valence-corrected chi connectivity index (χ3v) is 3.67. The molecule has 108 valence electrons. The Kier molecular flexibility index (Phi) is 3.56. The van der Waals surface area contributed by atoms with Gasteiger partial charge in [0.25, 0.3) is 0 Å². The van der Waals surface area contributed by atoms with Crippen molar-refractivity contribution in [2.24, 2.45) is 0 Å². The minimum Gasteiger partial charge on any atom is -0.465 e. The number of ether oxygens (including phenoxy) is 1. The van der Waals surface area contributed by atoms with E-state index in [4.69, 9.17) is 0 Å². The molecule has 0 aliphatic heterocycles. The molecule has 1 unspecified atom stereocenters. The predicted molar refractivity (Wildman–Crippen MR) is 76.7 cm³/mol. The predicted octanol–water partition coefficient (Wildman–Crippen LogP) is 3.11. The van der Waals surface area contributed by atoms with E-state index in [2.05, 4.69) is 21.1 Å². The summed E-state index contributed by atoms with van der Waals surface area (Å²) in [6, 6.07) is 8.42. The van der Waals surface area contributed by atoms with Gasteiger partial charge in [0.1, 0.15) is 5.82 Å². The molecule has 1 aromatic heterocycles. The molecule has 3 rings (SSSR count). The molecule has 0 spiro atoms. The van der Waals surface area contributed by atoms with E-state index in [-0.39, 0.29) is 11.6 Å². The van der Waals surface area contributed by atoms with Crippen LogP contribution in [0.1, 0.15) is 34.1 Å². The number of carbonyl (C=O) groups excluding carboxylic acids is 1. The molecule has 0 bridgehead atoms. The van der Waals surface area contributed by atoms with Gasteiger partial charge in [-0.1, -0.05) is 6.07 Å². The van der Waals surface area contributed by atoms with E-state index in [1.54, 1.807) is 12.3 Å². The molecule has 1 N–H and O–H groups in total. The van der Waals surface area contributed by atoms with Crippen LogP contribution in [0.25, 0.3) is 0 Å². The van der Waals surface area contributed by atoms with Gasteiger partial charge in [-0.2, -0.15) is 0 Å². The van der Waals surface area contributed by atoms with E-state index in [0.29, 0.717) is 5.69 Å². The Morgan fingerprint density at radius 3 is 3.10 bits per heavy atom.